The normalized spacial score (nSPS) is 14.8. The highest BCUT2D eigenvalue weighted by atomic mass is 32.1. The molecule has 3 heterocycles. The lowest BCUT2D eigenvalue weighted by Gasteiger charge is -1.98. The molecule has 0 amide bonds. The summed E-state index contributed by atoms with van der Waals surface area (Å²) in [5, 5.41) is 12.0. The second kappa shape index (κ2) is 4.71. The number of allylic oxidation sites excluding steroid dienone is 1. The summed E-state index contributed by atoms with van der Waals surface area (Å²) in [4.78, 5) is 12.7. The summed E-state index contributed by atoms with van der Waals surface area (Å²) in [7, 11) is 0. The molecule has 0 spiro atoms. The SMILES string of the molecule is Oc1nc(-c2cccs2)[nH]c1/C=C1\C=Nc2ccccc21. The van der Waals surface area contributed by atoms with E-state index in [0.717, 1.165) is 21.7 Å². The van der Waals surface area contributed by atoms with Gasteiger partial charge in [-0.25, -0.2) is 0 Å². The van der Waals surface area contributed by atoms with Crippen molar-refractivity contribution in [1.29, 1.82) is 0 Å². The number of nitrogens with one attached hydrogen (secondary N) is 1. The van der Waals surface area contributed by atoms with Crippen LogP contribution in [0.25, 0.3) is 22.4 Å². The van der Waals surface area contributed by atoms with E-state index in [1.54, 1.807) is 17.6 Å². The number of hydrogen-bond acceptors (Lipinski definition) is 4. The molecule has 2 aromatic heterocycles. The highest BCUT2D eigenvalue weighted by Gasteiger charge is 2.14. The average Bonchev–Trinajstić information content (AvgIpc) is 3.21. The Morgan fingerprint density at radius 2 is 2.05 bits per heavy atom. The number of aromatic nitrogens is 2. The summed E-state index contributed by atoms with van der Waals surface area (Å²) in [6.07, 6.45) is 3.67. The Labute approximate surface area is 125 Å². The first-order valence-electron chi connectivity index (χ1n) is 6.49. The molecule has 0 saturated carbocycles. The number of aromatic hydroxyl groups is 1. The Morgan fingerprint density at radius 1 is 1.14 bits per heavy atom. The van der Waals surface area contributed by atoms with E-state index in [9.17, 15) is 5.11 Å². The van der Waals surface area contributed by atoms with Gasteiger partial charge in [-0.1, -0.05) is 24.3 Å². The largest absolute Gasteiger partial charge is 0.492 e. The molecule has 1 aliphatic rings. The topological polar surface area (TPSA) is 61.3 Å². The molecule has 0 saturated heterocycles. The van der Waals surface area contributed by atoms with Crippen LogP contribution in [-0.2, 0) is 0 Å². The zero-order chi connectivity index (χ0) is 14.2. The molecule has 5 heteroatoms. The molecule has 0 radical (unpaired) electrons. The highest BCUT2D eigenvalue weighted by Crippen LogP contribution is 2.34. The number of rotatable bonds is 2. The first kappa shape index (κ1) is 12.1. The standard InChI is InChI=1S/C16H11N3OS/c20-16-13(18-15(19-16)14-6-3-7-21-14)8-10-9-17-12-5-2-1-4-11(10)12/h1-9,20H,(H,18,19)/b10-8+. The van der Waals surface area contributed by atoms with Crippen LogP contribution in [0.15, 0.2) is 46.8 Å². The van der Waals surface area contributed by atoms with Crippen molar-refractivity contribution in [3.8, 4) is 16.6 Å². The number of aliphatic imine (C=N–C) groups is 1. The van der Waals surface area contributed by atoms with Crippen LogP contribution < -0.4 is 0 Å². The van der Waals surface area contributed by atoms with Gasteiger partial charge in [0.15, 0.2) is 5.82 Å². The lowest BCUT2D eigenvalue weighted by molar-refractivity contribution is 0.455. The molecular weight excluding hydrogens is 282 g/mol. The molecule has 102 valence electrons. The molecule has 0 unspecified atom stereocenters. The van der Waals surface area contributed by atoms with Gasteiger partial charge in [0.2, 0.25) is 5.88 Å². The predicted molar refractivity (Wildman–Crippen MR) is 86.0 cm³/mol. The molecule has 2 N–H and O–H groups in total. The maximum atomic E-state index is 10.0. The van der Waals surface area contributed by atoms with Gasteiger partial charge in [-0.2, -0.15) is 4.98 Å². The fourth-order valence-electron chi connectivity index (χ4n) is 2.32. The van der Waals surface area contributed by atoms with E-state index >= 15 is 0 Å². The molecule has 0 bridgehead atoms. The second-order valence-corrected chi connectivity index (χ2v) is 5.62. The minimum absolute atomic E-state index is 0.00341. The van der Waals surface area contributed by atoms with E-state index in [2.05, 4.69) is 15.0 Å². The Morgan fingerprint density at radius 3 is 2.90 bits per heavy atom. The van der Waals surface area contributed by atoms with Crippen molar-refractivity contribution in [3.05, 3.63) is 53.0 Å². The molecule has 3 aromatic rings. The van der Waals surface area contributed by atoms with Gasteiger partial charge in [0.25, 0.3) is 0 Å². The third kappa shape index (κ3) is 2.08. The summed E-state index contributed by atoms with van der Waals surface area (Å²) >= 11 is 1.58. The van der Waals surface area contributed by atoms with Crippen LogP contribution in [0.1, 0.15) is 11.3 Å². The molecule has 21 heavy (non-hydrogen) atoms. The van der Waals surface area contributed by atoms with Gasteiger partial charge in [-0.3, -0.25) is 4.99 Å². The van der Waals surface area contributed by atoms with Crippen molar-refractivity contribution in [1.82, 2.24) is 9.97 Å². The van der Waals surface area contributed by atoms with Crippen LogP contribution in [-0.4, -0.2) is 21.3 Å². The van der Waals surface area contributed by atoms with Crippen LogP contribution in [0.5, 0.6) is 5.88 Å². The van der Waals surface area contributed by atoms with Crippen LogP contribution in [0.4, 0.5) is 5.69 Å². The summed E-state index contributed by atoms with van der Waals surface area (Å²) in [5.41, 5.74) is 3.56. The summed E-state index contributed by atoms with van der Waals surface area (Å²) in [6.45, 7) is 0. The van der Waals surface area contributed by atoms with Gasteiger partial charge < -0.3 is 10.1 Å². The molecule has 4 rings (SSSR count). The van der Waals surface area contributed by atoms with E-state index in [4.69, 9.17) is 0 Å². The van der Waals surface area contributed by atoms with Crippen LogP contribution in [0.2, 0.25) is 0 Å². The summed E-state index contributed by atoms with van der Waals surface area (Å²) in [6, 6.07) is 11.8. The van der Waals surface area contributed by atoms with Gasteiger partial charge >= 0.3 is 0 Å². The predicted octanol–water partition coefficient (Wildman–Crippen LogP) is 4.10. The molecule has 1 aromatic carbocycles. The third-order valence-electron chi connectivity index (χ3n) is 3.32. The molecule has 0 atom stereocenters. The van der Waals surface area contributed by atoms with E-state index < -0.39 is 0 Å². The number of benzene rings is 1. The molecule has 1 aliphatic heterocycles. The number of imidazole rings is 1. The maximum absolute atomic E-state index is 10.0. The zero-order valence-corrected chi connectivity index (χ0v) is 11.8. The number of thiophene rings is 1. The Kier molecular flexibility index (Phi) is 2.72. The van der Waals surface area contributed by atoms with Crippen molar-refractivity contribution < 1.29 is 5.11 Å². The maximum Gasteiger partial charge on any atom is 0.237 e. The second-order valence-electron chi connectivity index (χ2n) is 4.68. The zero-order valence-electron chi connectivity index (χ0n) is 10.9. The van der Waals surface area contributed by atoms with E-state index in [1.807, 2.05) is 47.9 Å². The minimum atomic E-state index is 0.00341. The Balaban J connectivity index is 1.76. The third-order valence-corrected chi connectivity index (χ3v) is 4.20. The Bertz CT molecular complexity index is 860. The lowest BCUT2D eigenvalue weighted by Crippen LogP contribution is -1.81. The van der Waals surface area contributed by atoms with Crippen LogP contribution in [0.3, 0.4) is 0 Å². The first-order valence-corrected chi connectivity index (χ1v) is 7.37. The quantitative estimate of drug-likeness (QED) is 0.747. The van der Waals surface area contributed by atoms with Crippen molar-refractivity contribution in [2.45, 2.75) is 0 Å². The number of nitrogens with zero attached hydrogens (tertiary/aromatic N) is 2. The highest BCUT2D eigenvalue weighted by molar-refractivity contribution is 7.13. The molecule has 0 aliphatic carbocycles. The van der Waals surface area contributed by atoms with E-state index in [-0.39, 0.29) is 5.88 Å². The number of para-hydroxylation sites is 1. The molecule has 0 fully saturated rings. The molecular formula is C16H11N3OS. The number of fused-ring (bicyclic) bond motifs is 1. The van der Waals surface area contributed by atoms with Crippen molar-refractivity contribution in [3.63, 3.8) is 0 Å². The number of aromatic amines is 1. The summed E-state index contributed by atoms with van der Waals surface area (Å²) in [5.74, 6) is 0.682. The van der Waals surface area contributed by atoms with Crippen LogP contribution >= 0.6 is 11.3 Å². The van der Waals surface area contributed by atoms with Gasteiger partial charge in [0, 0.05) is 17.4 Å². The van der Waals surface area contributed by atoms with Crippen molar-refractivity contribution in [2.75, 3.05) is 0 Å². The van der Waals surface area contributed by atoms with Gasteiger partial charge in [0.05, 0.1) is 10.6 Å². The van der Waals surface area contributed by atoms with Gasteiger partial charge in [-0.05, 0) is 23.6 Å². The first-order chi connectivity index (χ1) is 10.3. The average molecular weight is 293 g/mol. The summed E-state index contributed by atoms with van der Waals surface area (Å²) < 4.78 is 0. The molecule has 4 nitrogen and oxygen atoms in total. The fraction of sp³-hybridized carbons (Fsp3) is 0. The lowest BCUT2D eigenvalue weighted by atomic mass is 10.1. The smallest absolute Gasteiger partial charge is 0.237 e. The Hall–Kier alpha value is -2.66. The van der Waals surface area contributed by atoms with Crippen molar-refractivity contribution in [2.24, 2.45) is 4.99 Å². The number of H-pyrrole nitrogens is 1. The van der Waals surface area contributed by atoms with Crippen LogP contribution in [0, 0.1) is 0 Å². The van der Waals surface area contributed by atoms with Gasteiger partial charge in [-0.15, -0.1) is 11.3 Å². The van der Waals surface area contributed by atoms with E-state index in [1.165, 1.54) is 0 Å². The number of hydrogen-bond donors (Lipinski definition) is 2. The van der Waals surface area contributed by atoms with Gasteiger partial charge in [0.1, 0.15) is 5.69 Å². The van der Waals surface area contributed by atoms with E-state index in [0.29, 0.717) is 11.5 Å². The minimum Gasteiger partial charge on any atom is -0.492 e. The monoisotopic (exact) mass is 293 g/mol. The fourth-order valence-corrected chi connectivity index (χ4v) is 2.99. The van der Waals surface area contributed by atoms with Crippen molar-refractivity contribution >= 4 is 34.9 Å².